The normalized spacial score (nSPS) is 12.7. The molecule has 28 heavy (non-hydrogen) atoms. The average Bonchev–Trinajstić information content (AvgIpc) is 2.70. The molecule has 2 atom stereocenters. The molecule has 0 aromatic heterocycles. The number of ether oxygens (including phenoxy) is 1. The van der Waals surface area contributed by atoms with Gasteiger partial charge in [0, 0.05) is 12.6 Å². The van der Waals surface area contributed by atoms with Gasteiger partial charge in [-0.25, -0.2) is 0 Å². The fourth-order valence-electron chi connectivity index (χ4n) is 2.76. The third kappa shape index (κ3) is 6.41. The fourth-order valence-corrected chi connectivity index (χ4v) is 2.76. The summed E-state index contributed by atoms with van der Waals surface area (Å²) in [5.74, 6) is 0.260. The number of carbonyl (C=O) groups excluding carboxylic acids is 2. The Kier molecular flexibility index (Phi) is 8.05. The van der Waals surface area contributed by atoms with E-state index in [9.17, 15) is 9.59 Å². The van der Waals surface area contributed by atoms with Crippen molar-refractivity contribution in [2.24, 2.45) is 0 Å². The lowest BCUT2D eigenvalue weighted by Crippen LogP contribution is -2.50. The molecule has 0 aliphatic rings. The molecule has 150 valence electrons. The van der Waals surface area contributed by atoms with Crippen LogP contribution in [0.2, 0.25) is 0 Å². The second kappa shape index (κ2) is 10.5. The smallest absolute Gasteiger partial charge is 0.261 e. The molecule has 0 spiro atoms. The van der Waals surface area contributed by atoms with Gasteiger partial charge in [0.2, 0.25) is 5.91 Å². The zero-order chi connectivity index (χ0) is 20.5. The summed E-state index contributed by atoms with van der Waals surface area (Å²) in [6.07, 6.45) is 0.835. The second-order valence-electron chi connectivity index (χ2n) is 7.11. The number of amides is 2. The molecule has 0 saturated heterocycles. The molecule has 2 amide bonds. The minimum atomic E-state index is -0.595. The van der Waals surface area contributed by atoms with Gasteiger partial charge in [0.25, 0.3) is 5.91 Å². The van der Waals surface area contributed by atoms with Crippen LogP contribution in [0.1, 0.15) is 38.3 Å². The Morgan fingerprint density at radius 1 is 1.07 bits per heavy atom. The average molecular weight is 383 g/mol. The fraction of sp³-hybridized carbons (Fsp3) is 0.391. The van der Waals surface area contributed by atoms with E-state index >= 15 is 0 Å². The van der Waals surface area contributed by atoms with Gasteiger partial charge >= 0.3 is 0 Å². The number of rotatable bonds is 9. The van der Waals surface area contributed by atoms with Gasteiger partial charge in [0.1, 0.15) is 11.8 Å². The van der Waals surface area contributed by atoms with Crippen LogP contribution in [-0.2, 0) is 16.1 Å². The molecule has 2 rings (SSSR count). The number of benzene rings is 2. The van der Waals surface area contributed by atoms with Gasteiger partial charge in [-0.1, -0.05) is 49.4 Å². The Morgan fingerprint density at radius 3 is 2.43 bits per heavy atom. The van der Waals surface area contributed by atoms with Crippen molar-refractivity contribution in [3.63, 3.8) is 0 Å². The molecule has 2 aromatic carbocycles. The highest BCUT2D eigenvalue weighted by Crippen LogP contribution is 2.14. The van der Waals surface area contributed by atoms with Crippen molar-refractivity contribution in [2.75, 3.05) is 6.61 Å². The number of nitrogens with one attached hydrogen (secondary N) is 1. The van der Waals surface area contributed by atoms with Crippen molar-refractivity contribution >= 4 is 11.8 Å². The highest BCUT2D eigenvalue weighted by molar-refractivity contribution is 5.88. The zero-order valence-electron chi connectivity index (χ0n) is 17.1. The Labute approximate surface area is 167 Å². The van der Waals surface area contributed by atoms with E-state index in [1.54, 1.807) is 11.8 Å². The van der Waals surface area contributed by atoms with E-state index in [1.165, 1.54) is 0 Å². The van der Waals surface area contributed by atoms with Crippen LogP contribution in [0.3, 0.4) is 0 Å². The van der Waals surface area contributed by atoms with Crippen molar-refractivity contribution < 1.29 is 14.3 Å². The number of aryl methyl sites for hydroxylation is 1. The zero-order valence-corrected chi connectivity index (χ0v) is 17.1. The molecule has 0 aliphatic carbocycles. The SMILES string of the molecule is CC[C@H](C)NC(=O)[C@H](C)N(Cc1ccccc1)C(=O)COc1cccc(C)c1. The Hall–Kier alpha value is -2.82. The standard InChI is InChI=1S/C23H30N2O3/c1-5-18(3)24-23(27)19(4)25(15-20-11-7-6-8-12-20)22(26)16-28-21-13-9-10-17(2)14-21/h6-14,18-19H,5,15-16H2,1-4H3,(H,24,27)/t18-,19-/m0/s1. The van der Waals surface area contributed by atoms with Crippen LogP contribution in [0, 0.1) is 6.92 Å². The highest BCUT2D eigenvalue weighted by atomic mass is 16.5. The van der Waals surface area contributed by atoms with Crippen molar-refractivity contribution in [3.8, 4) is 5.75 Å². The van der Waals surface area contributed by atoms with Gasteiger partial charge in [-0.05, 0) is 50.5 Å². The number of hydrogen-bond donors (Lipinski definition) is 1. The molecule has 5 nitrogen and oxygen atoms in total. The molecule has 5 heteroatoms. The van der Waals surface area contributed by atoms with Crippen LogP contribution in [-0.4, -0.2) is 35.4 Å². The van der Waals surface area contributed by atoms with E-state index in [0.29, 0.717) is 12.3 Å². The maximum atomic E-state index is 12.9. The van der Waals surface area contributed by atoms with Crippen molar-refractivity contribution in [1.82, 2.24) is 10.2 Å². The van der Waals surface area contributed by atoms with Gasteiger partial charge in [-0.3, -0.25) is 9.59 Å². The van der Waals surface area contributed by atoms with E-state index in [2.05, 4.69) is 5.32 Å². The first kappa shape index (κ1) is 21.5. The Morgan fingerprint density at radius 2 is 1.79 bits per heavy atom. The maximum Gasteiger partial charge on any atom is 0.261 e. The summed E-state index contributed by atoms with van der Waals surface area (Å²) >= 11 is 0. The maximum absolute atomic E-state index is 12.9. The van der Waals surface area contributed by atoms with Crippen LogP contribution < -0.4 is 10.1 Å². The van der Waals surface area contributed by atoms with E-state index in [1.807, 2.05) is 75.4 Å². The molecule has 0 radical (unpaired) electrons. The summed E-state index contributed by atoms with van der Waals surface area (Å²) in [7, 11) is 0. The lowest BCUT2D eigenvalue weighted by atomic mass is 10.1. The van der Waals surface area contributed by atoms with Gasteiger partial charge in [-0.2, -0.15) is 0 Å². The van der Waals surface area contributed by atoms with Crippen LogP contribution in [0.15, 0.2) is 54.6 Å². The second-order valence-corrected chi connectivity index (χ2v) is 7.11. The first-order valence-corrected chi connectivity index (χ1v) is 9.74. The summed E-state index contributed by atoms with van der Waals surface area (Å²) in [5, 5.41) is 2.96. The highest BCUT2D eigenvalue weighted by Gasteiger charge is 2.27. The minimum absolute atomic E-state index is 0.0622. The predicted molar refractivity (Wildman–Crippen MR) is 111 cm³/mol. The largest absolute Gasteiger partial charge is 0.484 e. The summed E-state index contributed by atoms with van der Waals surface area (Å²) in [6, 6.07) is 16.7. The molecule has 1 N–H and O–H groups in total. The summed E-state index contributed by atoms with van der Waals surface area (Å²) in [5.41, 5.74) is 2.03. The quantitative estimate of drug-likeness (QED) is 0.719. The molecule has 0 fully saturated rings. The minimum Gasteiger partial charge on any atom is -0.484 e. The van der Waals surface area contributed by atoms with E-state index in [-0.39, 0.29) is 24.5 Å². The monoisotopic (exact) mass is 382 g/mol. The van der Waals surface area contributed by atoms with E-state index < -0.39 is 6.04 Å². The molecule has 0 saturated carbocycles. The summed E-state index contributed by atoms with van der Waals surface area (Å²) in [4.78, 5) is 27.1. The van der Waals surface area contributed by atoms with E-state index in [0.717, 1.165) is 17.5 Å². The van der Waals surface area contributed by atoms with Crippen LogP contribution >= 0.6 is 0 Å². The van der Waals surface area contributed by atoms with Gasteiger partial charge in [0.05, 0.1) is 0 Å². The van der Waals surface area contributed by atoms with Crippen molar-refractivity contribution in [2.45, 2.75) is 52.7 Å². The lowest BCUT2D eigenvalue weighted by molar-refractivity contribution is -0.142. The van der Waals surface area contributed by atoms with Crippen molar-refractivity contribution in [1.29, 1.82) is 0 Å². The Balaban J connectivity index is 2.11. The molecule has 0 unspecified atom stereocenters. The van der Waals surface area contributed by atoms with Crippen LogP contribution in [0.25, 0.3) is 0 Å². The molecular weight excluding hydrogens is 352 g/mol. The number of nitrogens with zero attached hydrogens (tertiary/aromatic N) is 1. The first-order chi connectivity index (χ1) is 13.4. The summed E-state index contributed by atoms with van der Waals surface area (Å²) < 4.78 is 5.68. The van der Waals surface area contributed by atoms with Crippen LogP contribution in [0.4, 0.5) is 0 Å². The van der Waals surface area contributed by atoms with Gasteiger partial charge in [0.15, 0.2) is 6.61 Å². The predicted octanol–water partition coefficient (Wildman–Crippen LogP) is 3.71. The third-order valence-corrected chi connectivity index (χ3v) is 4.72. The van der Waals surface area contributed by atoms with Crippen molar-refractivity contribution in [3.05, 3.63) is 65.7 Å². The van der Waals surface area contributed by atoms with Gasteiger partial charge in [-0.15, -0.1) is 0 Å². The molecule has 2 aromatic rings. The topological polar surface area (TPSA) is 58.6 Å². The summed E-state index contributed by atoms with van der Waals surface area (Å²) in [6.45, 7) is 7.93. The lowest BCUT2D eigenvalue weighted by Gasteiger charge is -2.29. The van der Waals surface area contributed by atoms with Crippen LogP contribution in [0.5, 0.6) is 5.75 Å². The van der Waals surface area contributed by atoms with Gasteiger partial charge < -0.3 is 15.0 Å². The molecule has 0 bridgehead atoms. The molecule has 0 heterocycles. The molecule has 0 aliphatic heterocycles. The number of carbonyl (C=O) groups is 2. The number of hydrogen-bond acceptors (Lipinski definition) is 3. The first-order valence-electron chi connectivity index (χ1n) is 9.74. The third-order valence-electron chi connectivity index (χ3n) is 4.72. The van der Waals surface area contributed by atoms with E-state index in [4.69, 9.17) is 4.74 Å². The molecular formula is C23H30N2O3. The Bertz CT molecular complexity index is 776.